The van der Waals surface area contributed by atoms with Gasteiger partial charge in [-0.25, -0.2) is 0 Å². The first-order valence-electron chi connectivity index (χ1n) is 10.6. The summed E-state index contributed by atoms with van der Waals surface area (Å²) < 4.78 is 27.9. The van der Waals surface area contributed by atoms with Crippen molar-refractivity contribution in [3.05, 3.63) is 78.7 Å². The maximum absolute atomic E-state index is 12.5. The van der Waals surface area contributed by atoms with Crippen molar-refractivity contribution in [3.8, 4) is 34.5 Å². The Kier molecular flexibility index (Phi) is 5.98. The van der Waals surface area contributed by atoms with Crippen molar-refractivity contribution >= 4 is 11.6 Å². The van der Waals surface area contributed by atoms with Gasteiger partial charge in [0.2, 0.25) is 12.0 Å². The molecular formula is C25H21N3O6. The predicted octanol–water partition coefficient (Wildman–Crippen LogP) is 4.10. The molecule has 172 valence electrons. The third kappa shape index (κ3) is 4.78. The molecular weight excluding hydrogens is 438 g/mol. The molecule has 1 N–H and O–H groups in total. The minimum Gasteiger partial charge on any atom is -0.497 e. The number of nitrogens with one attached hydrogen (secondary N) is 1. The Bertz CT molecular complexity index is 1270. The van der Waals surface area contributed by atoms with E-state index < -0.39 is 6.10 Å². The quantitative estimate of drug-likeness (QED) is 0.440. The van der Waals surface area contributed by atoms with Gasteiger partial charge in [0.05, 0.1) is 7.11 Å². The highest BCUT2D eigenvalue weighted by Crippen LogP contribution is 2.31. The summed E-state index contributed by atoms with van der Waals surface area (Å²) in [6, 6.07) is 21.5. The van der Waals surface area contributed by atoms with Gasteiger partial charge in [0.15, 0.2) is 18.1 Å². The molecule has 0 aliphatic carbocycles. The largest absolute Gasteiger partial charge is 0.497 e. The number of amides is 1. The van der Waals surface area contributed by atoms with E-state index in [9.17, 15) is 4.79 Å². The zero-order valence-corrected chi connectivity index (χ0v) is 18.3. The van der Waals surface area contributed by atoms with Crippen LogP contribution in [0.15, 0.2) is 77.2 Å². The topological polar surface area (TPSA) is 105 Å². The number of aromatic nitrogens is 2. The molecule has 0 bridgehead atoms. The summed E-state index contributed by atoms with van der Waals surface area (Å²) >= 11 is 0. The van der Waals surface area contributed by atoms with E-state index in [1.54, 1.807) is 43.5 Å². The molecule has 0 unspecified atom stereocenters. The molecule has 1 aromatic heterocycles. The smallest absolute Gasteiger partial charge is 0.269 e. The molecule has 1 aliphatic heterocycles. The lowest BCUT2D eigenvalue weighted by Gasteiger charge is -2.25. The lowest BCUT2D eigenvalue weighted by atomic mass is 10.2. The Balaban J connectivity index is 1.14. The van der Waals surface area contributed by atoms with E-state index in [1.807, 2.05) is 36.4 Å². The van der Waals surface area contributed by atoms with Gasteiger partial charge in [0, 0.05) is 11.3 Å². The van der Waals surface area contributed by atoms with Crippen molar-refractivity contribution in [1.29, 1.82) is 0 Å². The van der Waals surface area contributed by atoms with Crippen LogP contribution in [-0.4, -0.2) is 35.9 Å². The number of para-hydroxylation sites is 2. The number of carbonyl (C=O) groups is 1. The average Bonchev–Trinajstić information content (AvgIpc) is 3.37. The van der Waals surface area contributed by atoms with Crippen LogP contribution in [0.25, 0.3) is 11.5 Å². The van der Waals surface area contributed by atoms with Gasteiger partial charge in [0.25, 0.3) is 11.8 Å². The van der Waals surface area contributed by atoms with Crippen molar-refractivity contribution in [1.82, 2.24) is 10.2 Å². The molecule has 1 amide bonds. The highest BCUT2D eigenvalue weighted by Gasteiger charge is 2.27. The van der Waals surface area contributed by atoms with Crippen LogP contribution < -0.4 is 24.3 Å². The first-order chi connectivity index (χ1) is 16.7. The monoisotopic (exact) mass is 459 g/mol. The van der Waals surface area contributed by atoms with Crippen LogP contribution in [0.1, 0.15) is 5.89 Å². The van der Waals surface area contributed by atoms with Gasteiger partial charge in [-0.05, 0) is 60.7 Å². The van der Waals surface area contributed by atoms with E-state index in [4.69, 9.17) is 23.4 Å². The summed E-state index contributed by atoms with van der Waals surface area (Å²) in [6.45, 7) is 0.258. The molecule has 34 heavy (non-hydrogen) atoms. The Morgan fingerprint density at radius 2 is 1.71 bits per heavy atom. The fraction of sp³-hybridized carbons (Fsp3) is 0.160. The number of nitrogens with zero attached hydrogens (tertiary/aromatic N) is 2. The second-order valence-electron chi connectivity index (χ2n) is 7.40. The van der Waals surface area contributed by atoms with Crippen LogP contribution in [-0.2, 0) is 11.4 Å². The first-order valence-corrected chi connectivity index (χ1v) is 10.6. The van der Waals surface area contributed by atoms with Crippen molar-refractivity contribution in [2.75, 3.05) is 19.0 Å². The number of benzene rings is 3. The first kappa shape index (κ1) is 21.3. The maximum Gasteiger partial charge on any atom is 0.269 e. The van der Waals surface area contributed by atoms with Crippen molar-refractivity contribution in [2.45, 2.75) is 12.7 Å². The molecule has 3 aromatic carbocycles. The van der Waals surface area contributed by atoms with Gasteiger partial charge in [-0.1, -0.05) is 12.1 Å². The Morgan fingerprint density at radius 1 is 0.971 bits per heavy atom. The SMILES string of the molecule is COc1ccc(-c2nnc(COc3ccc(NC(=O)[C@H]4COc5ccccc5O4)cc3)o2)cc1. The fourth-order valence-corrected chi connectivity index (χ4v) is 3.31. The van der Waals surface area contributed by atoms with Gasteiger partial charge >= 0.3 is 0 Å². The van der Waals surface area contributed by atoms with E-state index in [-0.39, 0.29) is 19.1 Å². The van der Waals surface area contributed by atoms with Crippen LogP contribution in [0.2, 0.25) is 0 Å². The average molecular weight is 459 g/mol. The summed E-state index contributed by atoms with van der Waals surface area (Å²) in [5, 5.41) is 10.9. The van der Waals surface area contributed by atoms with Gasteiger partial charge < -0.3 is 28.7 Å². The van der Waals surface area contributed by atoms with E-state index >= 15 is 0 Å². The molecule has 9 nitrogen and oxygen atoms in total. The van der Waals surface area contributed by atoms with Gasteiger partial charge in [0.1, 0.15) is 18.1 Å². The third-order valence-electron chi connectivity index (χ3n) is 5.09. The molecule has 0 saturated heterocycles. The summed E-state index contributed by atoms with van der Waals surface area (Å²) in [7, 11) is 1.61. The number of hydrogen-bond acceptors (Lipinski definition) is 8. The summed E-state index contributed by atoms with van der Waals surface area (Å²) in [4.78, 5) is 12.5. The van der Waals surface area contributed by atoms with Gasteiger partial charge in [-0.2, -0.15) is 0 Å². The van der Waals surface area contributed by atoms with Gasteiger partial charge in [-0.15, -0.1) is 10.2 Å². The van der Waals surface area contributed by atoms with Crippen molar-refractivity contribution < 1.29 is 28.2 Å². The molecule has 0 spiro atoms. The summed E-state index contributed by atoms with van der Waals surface area (Å²) in [6.07, 6.45) is -0.733. The molecule has 0 fully saturated rings. The number of anilines is 1. The molecule has 5 rings (SSSR count). The molecule has 9 heteroatoms. The minimum atomic E-state index is -0.733. The van der Waals surface area contributed by atoms with Crippen LogP contribution in [0.3, 0.4) is 0 Å². The van der Waals surface area contributed by atoms with Crippen molar-refractivity contribution in [2.24, 2.45) is 0 Å². The molecule has 0 saturated carbocycles. The number of ether oxygens (including phenoxy) is 4. The zero-order valence-electron chi connectivity index (χ0n) is 18.3. The molecule has 1 aliphatic rings. The number of rotatable bonds is 7. The second-order valence-corrected chi connectivity index (χ2v) is 7.40. The lowest BCUT2D eigenvalue weighted by Crippen LogP contribution is -2.40. The highest BCUT2D eigenvalue weighted by molar-refractivity contribution is 5.94. The standard InChI is InChI=1S/C25H21N3O6/c1-30-18-10-6-16(7-11-18)25-28-27-23(34-25)15-31-19-12-8-17(9-13-19)26-24(29)22-14-32-20-4-2-3-5-21(20)33-22/h2-13,22H,14-15H2,1H3,(H,26,29)/t22-/m1/s1. The number of hydrogen-bond donors (Lipinski definition) is 1. The molecule has 1 atom stereocenters. The van der Waals surface area contributed by atoms with Crippen LogP contribution in [0, 0.1) is 0 Å². The van der Waals surface area contributed by atoms with Crippen LogP contribution in [0.4, 0.5) is 5.69 Å². The maximum atomic E-state index is 12.5. The van der Waals surface area contributed by atoms with E-state index in [0.29, 0.717) is 34.7 Å². The lowest BCUT2D eigenvalue weighted by molar-refractivity contribution is -0.125. The third-order valence-corrected chi connectivity index (χ3v) is 5.09. The van der Waals surface area contributed by atoms with Gasteiger partial charge in [-0.3, -0.25) is 4.79 Å². The molecule has 4 aromatic rings. The Morgan fingerprint density at radius 3 is 2.47 bits per heavy atom. The number of fused-ring (bicyclic) bond motifs is 1. The molecule has 0 radical (unpaired) electrons. The van der Waals surface area contributed by atoms with Crippen molar-refractivity contribution in [3.63, 3.8) is 0 Å². The zero-order chi connectivity index (χ0) is 23.3. The fourth-order valence-electron chi connectivity index (χ4n) is 3.31. The van der Waals surface area contributed by atoms with E-state index in [2.05, 4.69) is 15.5 Å². The minimum absolute atomic E-state index is 0.113. The highest BCUT2D eigenvalue weighted by atomic mass is 16.6. The van der Waals surface area contributed by atoms with Crippen LogP contribution >= 0.6 is 0 Å². The second kappa shape index (κ2) is 9.53. The van der Waals surface area contributed by atoms with E-state index in [1.165, 1.54) is 0 Å². The predicted molar refractivity (Wildman–Crippen MR) is 122 cm³/mol. The summed E-state index contributed by atoms with van der Waals surface area (Å²) in [5.74, 6) is 2.97. The Hall–Kier alpha value is -4.53. The number of carbonyl (C=O) groups excluding carboxylic acids is 1. The normalized spacial score (nSPS) is 14.3. The van der Waals surface area contributed by atoms with E-state index in [0.717, 1.165) is 11.3 Å². The summed E-state index contributed by atoms with van der Waals surface area (Å²) in [5.41, 5.74) is 1.40. The molecule has 2 heterocycles. The van der Waals surface area contributed by atoms with Crippen LogP contribution in [0.5, 0.6) is 23.0 Å². The number of methoxy groups -OCH3 is 1. The Labute approximate surface area is 195 Å².